The molecule has 4 heterocycles. The summed E-state index contributed by atoms with van der Waals surface area (Å²) in [6, 6.07) is 1.27. The highest BCUT2D eigenvalue weighted by atomic mass is 32.1. The Balaban J connectivity index is 1.25. The number of hydrogen-bond acceptors (Lipinski definition) is 5. The molecule has 0 radical (unpaired) electrons. The van der Waals surface area contributed by atoms with Gasteiger partial charge in [0.15, 0.2) is 5.13 Å². The number of rotatable bonds is 5. The lowest BCUT2D eigenvalue weighted by atomic mass is 10.0. The van der Waals surface area contributed by atoms with Gasteiger partial charge in [0.25, 0.3) is 0 Å². The van der Waals surface area contributed by atoms with Crippen LogP contribution in [0.15, 0.2) is 0 Å². The molecule has 4 aliphatic rings. The van der Waals surface area contributed by atoms with E-state index in [1.54, 1.807) is 0 Å². The van der Waals surface area contributed by atoms with Gasteiger partial charge in [0, 0.05) is 49.4 Å². The van der Waals surface area contributed by atoms with Gasteiger partial charge >= 0.3 is 0 Å². The van der Waals surface area contributed by atoms with Gasteiger partial charge in [-0.3, -0.25) is 9.69 Å². The molecular weight excluding hydrogens is 368 g/mol. The Labute approximate surface area is 173 Å². The zero-order valence-electron chi connectivity index (χ0n) is 17.2. The van der Waals surface area contributed by atoms with Crippen LogP contribution in [0.5, 0.6) is 0 Å². The van der Waals surface area contributed by atoms with Crippen molar-refractivity contribution in [2.45, 2.75) is 83.3 Å². The highest BCUT2D eigenvalue weighted by molar-refractivity contribution is 7.15. The van der Waals surface area contributed by atoms with Crippen molar-refractivity contribution in [1.82, 2.24) is 14.8 Å². The van der Waals surface area contributed by atoms with Gasteiger partial charge in [0.2, 0.25) is 5.91 Å². The summed E-state index contributed by atoms with van der Waals surface area (Å²) < 4.78 is 0. The molecule has 2 bridgehead atoms. The molecule has 154 valence electrons. The monoisotopic (exact) mass is 402 g/mol. The number of nitrogens with zero attached hydrogens (tertiary/aromatic N) is 4. The van der Waals surface area contributed by atoms with Crippen LogP contribution in [-0.4, -0.2) is 59.0 Å². The molecule has 5 rings (SSSR count). The summed E-state index contributed by atoms with van der Waals surface area (Å²) in [7, 11) is 0. The second kappa shape index (κ2) is 7.94. The molecule has 1 saturated carbocycles. The normalized spacial score (nSPS) is 28.2. The van der Waals surface area contributed by atoms with E-state index in [-0.39, 0.29) is 0 Å². The van der Waals surface area contributed by atoms with Gasteiger partial charge in [-0.25, -0.2) is 4.98 Å². The van der Waals surface area contributed by atoms with Crippen molar-refractivity contribution in [3.05, 3.63) is 10.6 Å². The van der Waals surface area contributed by atoms with Gasteiger partial charge in [-0.05, 0) is 44.6 Å². The van der Waals surface area contributed by atoms with Gasteiger partial charge in [-0.15, -0.1) is 0 Å². The highest BCUT2D eigenvalue weighted by Gasteiger charge is 2.41. The minimum absolute atomic E-state index is 0.376. The molecule has 6 heteroatoms. The van der Waals surface area contributed by atoms with Crippen molar-refractivity contribution < 1.29 is 4.79 Å². The number of anilines is 1. The van der Waals surface area contributed by atoms with E-state index in [0.29, 0.717) is 23.9 Å². The first kappa shape index (κ1) is 18.9. The lowest BCUT2D eigenvalue weighted by Crippen LogP contribution is -2.54. The third-order valence-electron chi connectivity index (χ3n) is 7.33. The number of carbonyl (C=O) groups is 1. The summed E-state index contributed by atoms with van der Waals surface area (Å²) in [6.07, 6.45) is 10.7. The second-order valence-electron chi connectivity index (χ2n) is 9.34. The second-order valence-corrected chi connectivity index (χ2v) is 10.4. The molecule has 1 aromatic heterocycles. The lowest BCUT2D eigenvalue weighted by molar-refractivity contribution is -0.133. The van der Waals surface area contributed by atoms with Gasteiger partial charge < -0.3 is 9.80 Å². The maximum Gasteiger partial charge on any atom is 0.223 e. The summed E-state index contributed by atoms with van der Waals surface area (Å²) in [5.41, 5.74) is 1.26. The molecule has 1 amide bonds. The fraction of sp³-hybridized carbons (Fsp3) is 0.818. The fourth-order valence-corrected chi connectivity index (χ4v) is 7.16. The number of piperazine rings is 1. The number of hydrogen-bond donors (Lipinski definition) is 0. The molecule has 3 aliphatic heterocycles. The Morgan fingerprint density at radius 1 is 1.14 bits per heavy atom. The predicted molar refractivity (Wildman–Crippen MR) is 114 cm³/mol. The van der Waals surface area contributed by atoms with Crippen molar-refractivity contribution in [1.29, 1.82) is 0 Å². The summed E-state index contributed by atoms with van der Waals surface area (Å²) >= 11 is 1.87. The summed E-state index contributed by atoms with van der Waals surface area (Å²) in [5, 5.41) is 1.23. The molecule has 0 N–H and O–H groups in total. The number of aromatic nitrogens is 1. The average molecular weight is 403 g/mol. The summed E-state index contributed by atoms with van der Waals surface area (Å²) in [4.78, 5) is 26.6. The van der Waals surface area contributed by atoms with E-state index in [0.717, 1.165) is 25.9 Å². The van der Waals surface area contributed by atoms with Crippen molar-refractivity contribution in [3.8, 4) is 0 Å². The first-order valence-electron chi connectivity index (χ1n) is 11.5. The van der Waals surface area contributed by atoms with Crippen LogP contribution >= 0.6 is 11.3 Å². The maximum atomic E-state index is 12.8. The van der Waals surface area contributed by atoms with Crippen LogP contribution in [0.25, 0.3) is 0 Å². The SMILES string of the molecule is CCCN1CC2CCC(C1)N2c1nc2c(s1)CN(C(=O)CC1CCCC1)CC2. The van der Waals surface area contributed by atoms with E-state index >= 15 is 0 Å². The van der Waals surface area contributed by atoms with Gasteiger partial charge in [0.1, 0.15) is 0 Å². The third-order valence-corrected chi connectivity index (χ3v) is 8.43. The first-order chi connectivity index (χ1) is 13.7. The number of carbonyl (C=O) groups excluding carboxylic acids is 1. The van der Waals surface area contributed by atoms with E-state index in [9.17, 15) is 4.79 Å². The summed E-state index contributed by atoms with van der Waals surface area (Å²) in [6.45, 7) is 7.56. The Morgan fingerprint density at radius 3 is 2.61 bits per heavy atom. The molecule has 0 spiro atoms. The van der Waals surface area contributed by atoms with Gasteiger partial charge in [0.05, 0.1) is 12.2 Å². The first-order valence-corrected chi connectivity index (χ1v) is 12.3. The van der Waals surface area contributed by atoms with Crippen molar-refractivity contribution >= 4 is 22.4 Å². The minimum atomic E-state index is 0.376. The van der Waals surface area contributed by atoms with E-state index in [2.05, 4.69) is 21.6 Å². The average Bonchev–Trinajstić information content (AvgIpc) is 3.39. The number of amides is 1. The molecule has 2 unspecified atom stereocenters. The van der Waals surface area contributed by atoms with Gasteiger partial charge in [-0.1, -0.05) is 31.1 Å². The number of likely N-dealkylation sites (tertiary alicyclic amines) is 1. The van der Waals surface area contributed by atoms with E-state index in [1.165, 1.54) is 80.3 Å². The Morgan fingerprint density at radius 2 is 1.89 bits per heavy atom. The van der Waals surface area contributed by atoms with Crippen molar-refractivity contribution in [2.24, 2.45) is 5.92 Å². The van der Waals surface area contributed by atoms with Gasteiger partial charge in [-0.2, -0.15) is 0 Å². The quantitative estimate of drug-likeness (QED) is 0.753. The topological polar surface area (TPSA) is 39.7 Å². The molecule has 28 heavy (non-hydrogen) atoms. The van der Waals surface area contributed by atoms with Crippen LogP contribution in [0, 0.1) is 5.92 Å². The maximum absolute atomic E-state index is 12.8. The van der Waals surface area contributed by atoms with Crippen LogP contribution in [0.1, 0.15) is 68.9 Å². The molecule has 2 saturated heterocycles. The molecule has 0 aromatic carbocycles. The van der Waals surface area contributed by atoms with Crippen LogP contribution in [0.2, 0.25) is 0 Å². The molecular formula is C22H34N4OS. The molecule has 1 aliphatic carbocycles. The zero-order chi connectivity index (χ0) is 19.1. The number of thiazole rings is 1. The molecule has 5 nitrogen and oxygen atoms in total. The minimum Gasteiger partial charge on any atom is -0.340 e. The fourth-order valence-electron chi connectivity index (χ4n) is 5.90. The van der Waals surface area contributed by atoms with E-state index in [4.69, 9.17) is 4.98 Å². The summed E-state index contributed by atoms with van der Waals surface area (Å²) in [5.74, 6) is 1.02. The van der Waals surface area contributed by atoms with Crippen LogP contribution in [0.4, 0.5) is 5.13 Å². The Hall–Kier alpha value is -1.14. The Bertz CT molecular complexity index is 699. The molecule has 2 atom stereocenters. The van der Waals surface area contributed by atoms with E-state index < -0.39 is 0 Å². The highest BCUT2D eigenvalue weighted by Crippen LogP contribution is 2.39. The van der Waals surface area contributed by atoms with Crippen LogP contribution < -0.4 is 4.90 Å². The smallest absolute Gasteiger partial charge is 0.223 e. The zero-order valence-corrected chi connectivity index (χ0v) is 18.1. The molecule has 3 fully saturated rings. The predicted octanol–water partition coefficient (Wildman–Crippen LogP) is 3.67. The standard InChI is InChI=1S/C22H34N4OS/c1-2-10-24-13-17-7-8-18(14-24)26(17)22-23-19-9-11-25(15-20(19)28-22)21(27)12-16-5-3-4-6-16/h16-18H,2-15H2,1H3. The molecule has 1 aromatic rings. The van der Waals surface area contributed by atoms with Crippen LogP contribution in [0.3, 0.4) is 0 Å². The van der Waals surface area contributed by atoms with Crippen molar-refractivity contribution in [3.63, 3.8) is 0 Å². The van der Waals surface area contributed by atoms with Crippen LogP contribution in [-0.2, 0) is 17.8 Å². The Kier molecular flexibility index (Phi) is 5.35. The lowest BCUT2D eigenvalue weighted by Gasteiger charge is -2.41. The van der Waals surface area contributed by atoms with E-state index in [1.807, 2.05) is 11.3 Å². The third kappa shape index (κ3) is 3.58. The largest absolute Gasteiger partial charge is 0.340 e. The number of fused-ring (bicyclic) bond motifs is 3. The van der Waals surface area contributed by atoms with Crippen molar-refractivity contribution in [2.75, 3.05) is 31.1 Å².